The molecule has 1 aromatic heterocycles. The number of hydrogen-bond acceptors (Lipinski definition) is 4. The van der Waals surface area contributed by atoms with Gasteiger partial charge in [-0.3, -0.25) is 9.59 Å². The van der Waals surface area contributed by atoms with Crippen molar-refractivity contribution in [2.75, 3.05) is 18.1 Å². The van der Waals surface area contributed by atoms with Crippen LogP contribution in [-0.4, -0.2) is 30.0 Å². The SMILES string of the molecule is CCN(C(=O)COC(=O)c1cc(=O)[nH]c2ccccc12)c1cccc2ccccc12. The molecule has 4 rings (SSSR count). The molecule has 1 N–H and O–H groups in total. The second-order valence-electron chi connectivity index (χ2n) is 6.81. The van der Waals surface area contributed by atoms with Gasteiger partial charge in [0.15, 0.2) is 6.61 Å². The summed E-state index contributed by atoms with van der Waals surface area (Å²) in [5.41, 5.74) is 1.03. The van der Waals surface area contributed by atoms with E-state index in [1.54, 1.807) is 29.2 Å². The van der Waals surface area contributed by atoms with Gasteiger partial charge in [-0.2, -0.15) is 0 Å². The van der Waals surface area contributed by atoms with Crippen molar-refractivity contribution < 1.29 is 14.3 Å². The molecule has 3 aromatic carbocycles. The Hall–Kier alpha value is -3.93. The van der Waals surface area contributed by atoms with Crippen LogP contribution in [0.15, 0.2) is 77.6 Å². The summed E-state index contributed by atoms with van der Waals surface area (Å²) in [5.74, 6) is -1.05. The van der Waals surface area contributed by atoms with Crippen molar-refractivity contribution in [3.8, 4) is 0 Å². The molecule has 0 aliphatic rings. The monoisotopic (exact) mass is 400 g/mol. The lowest BCUT2D eigenvalue weighted by Gasteiger charge is -2.22. The molecule has 0 spiro atoms. The summed E-state index contributed by atoms with van der Waals surface area (Å²) in [4.78, 5) is 41.6. The minimum atomic E-state index is -0.709. The molecule has 0 aliphatic heterocycles. The quantitative estimate of drug-likeness (QED) is 0.516. The van der Waals surface area contributed by atoms with Gasteiger partial charge in [-0.25, -0.2) is 4.79 Å². The van der Waals surface area contributed by atoms with Crippen molar-refractivity contribution in [2.24, 2.45) is 0 Å². The number of anilines is 1. The molecule has 6 heteroatoms. The zero-order chi connectivity index (χ0) is 21.1. The Morgan fingerprint density at radius 1 is 0.933 bits per heavy atom. The number of nitrogens with zero attached hydrogens (tertiary/aromatic N) is 1. The fraction of sp³-hybridized carbons (Fsp3) is 0.125. The van der Waals surface area contributed by atoms with Crippen LogP contribution in [0.25, 0.3) is 21.7 Å². The topological polar surface area (TPSA) is 79.5 Å². The summed E-state index contributed by atoms with van der Waals surface area (Å²) in [6.07, 6.45) is 0. The lowest BCUT2D eigenvalue weighted by atomic mass is 10.1. The number of esters is 1. The summed E-state index contributed by atoms with van der Waals surface area (Å²) in [6.45, 7) is 1.88. The van der Waals surface area contributed by atoms with Gasteiger partial charge in [-0.1, -0.05) is 54.6 Å². The van der Waals surface area contributed by atoms with Crippen LogP contribution in [-0.2, 0) is 9.53 Å². The number of carbonyl (C=O) groups is 2. The summed E-state index contributed by atoms with van der Waals surface area (Å²) in [7, 11) is 0. The van der Waals surface area contributed by atoms with Crippen molar-refractivity contribution in [1.82, 2.24) is 4.98 Å². The molecule has 4 aromatic rings. The molecular weight excluding hydrogens is 380 g/mol. The van der Waals surface area contributed by atoms with Crippen LogP contribution in [0.5, 0.6) is 0 Å². The van der Waals surface area contributed by atoms with Gasteiger partial charge in [0.1, 0.15) is 0 Å². The van der Waals surface area contributed by atoms with Gasteiger partial charge in [0, 0.05) is 28.9 Å². The third-order valence-electron chi connectivity index (χ3n) is 4.97. The molecule has 0 fully saturated rings. The molecule has 0 bridgehead atoms. The molecule has 0 saturated heterocycles. The molecule has 1 heterocycles. The van der Waals surface area contributed by atoms with Gasteiger partial charge in [-0.15, -0.1) is 0 Å². The maximum Gasteiger partial charge on any atom is 0.339 e. The van der Waals surface area contributed by atoms with Gasteiger partial charge in [-0.05, 0) is 24.4 Å². The number of hydrogen-bond donors (Lipinski definition) is 1. The maximum absolute atomic E-state index is 12.9. The van der Waals surface area contributed by atoms with E-state index in [4.69, 9.17) is 4.74 Å². The molecule has 0 atom stereocenters. The average molecular weight is 400 g/mol. The van der Waals surface area contributed by atoms with E-state index in [-0.39, 0.29) is 11.5 Å². The first-order valence-corrected chi connectivity index (χ1v) is 9.66. The third-order valence-corrected chi connectivity index (χ3v) is 4.97. The Balaban J connectivity index is 1.57. The molecule has 1 amide bonds. The predicted molar refractivity (Wildman–Crippen MR) is 117 cm³/mol. The Labute approximate surface area is 172 Å². The van der Waals surface area contributed by atoms with Crippen molar-refractivity contribution in [3.63, 3.8) is 0 Å². The minimum Gasteiger partial charge on any atom is -0.452 e. The number of H-pyrrole nitrogens is 1. The number of nitrogens with one attached hydrogen (secondary N) is 1. The zero-order valence-corrected chi connectivity index (χ0v) is 16.4. The largest absolute Gasteiger partial charge is 0.452 e. The zero-order valence-electron chi connectivity index (χ0n) is 16.4. The number of benzene rings is 3. The Morgan fingerprint density at radius 3 is 2.43 bits per heavy atom. The number of likely N-dealkylation sites (N-methyl/N-ethyl adjacent to an activating group) is 1. The number of fused-ring (bicyclic) bond motifs is 2. The first-order valence-electron chi connectivity index (χ1n) is 9.66. The molecule has 150 valence electrons. The first kappa shape index (κ1) is 19.4. The highest BCUT2D eigenvalue weighted by Gasteiger charge is 2.20. The molecule has 0 saturated carbocycles. The minimum absolute atomic E-state index is 0.135. The van der Waals surface area contributed by atoms with Gasteiger partial charge >= 0.3 is 5.97 Å². The lowest BCUT2D eigenvalue weighted by Crippen LogP contribution is -2.34. The van der Waals surface area contributed by atoms with Crippen molar-refractivity contribution >= 4 is 39.2 Å². The number of amides is 1. The number of rotatable bonds is 5. The lowest BCUT2D eigenvalue weighted by molar-refractivity contribution is -0.121. The third kappa shape index (κ3) is 3.67. The number of pyridine rings is 1. The maximum atomic E-state index is 12.9. The van der Waals surface area contributed by atoms with E-state index in [1.165, 1.54) is 6.07 Å². The van der Waals surface area contributed by atoms with E-state index in [0.29, 0.717) is 17.4 Å². The number of aromatic nitrogens is 1. The summed E-state index contributed by atoms with van der Waals surface area (Å²) in [6, 6.07) is 21.7. The fourth-order valence-corrected chi connectivity index (χ4v) is 3.58. The number of ether oxygens (including phenoxy) is 1. The van der Waals surface area contributed by atoms with Crippen LogP contribution in [0.3, 0.4) is 0 Å². The van der Waals surface area contributed by atoms with E-state index in [0.717, 1.165) is 16.5 Å². The van der Waals surface area contributed by atoms with E-state index in [2.05, 4.69) is 4.98 Å². The predicted octanol–water partition coefficient (Wildman–Crippen LogP) is 3.89. The van der Waals surface area contributed by atoms with Crippen LogP contribution in [0, 0.1) is 0 Å². The average Bonchev–Trinajstić information content (AvgIpc) is 2.77. The number of carbonyl (C=O) groups excluding carboxylic acids is 2. The van der Waals surface area contributed by atoms with Crippen LogP contribution in [0.4, 0.5) is 5.69 Å². The Bertz CT molecular complexity index is 1300. The molecule has 30 heavy (non-hydrogen) atoms. The summed E-state index contributed by atoms with van der Waals surface area (Å²) in [5, 5.41) is 2.53. The highest BCUT2D eigenvalue weighted by atomic mass is 16.5. The molecule has 0 unspecified atom stereocenters. The Morgan fingerprint density at radius 2 is 1.63 bits per heavy atom. The van der Waals surface area contributed by atoms with Crippen LogP contribution in [0.2, 0.25) is 0 Å². The fourth-order valence-electron chi connectivity index (χ4n) is 3.58. The van der Waals surface area contributed by atoms with Crippen molar-refractivity contribution in [1.29, 1.82) is 0 Å². The van der Waals surface area contributed by atoms with Crippen molar-refractivity contribution in [2.45, 2.75) is 6.92 Å². The molecule has 0 aliphatic carbocycles. The van der Waals surface area contributed by atoms with Gasteiger partial charge in [0.2, 0.25) is 5.56 Å². The summed E-state index contributed by atoms with van der Waals surface area (Å²) >= 11 is 0. The number of aromatic amines is 1. The van der Waals surface area contributed by atoms with E-state index in [1.807, 2.05) is 49.4 Å². The van der Waals surface area contributed by atoms with Crippen LogP contribution >= 0.6 is 0 Å². The van der Waals surface area contributed by atoms with Gasteiger partial charge < -0.3 is 14.6 Å². The van der Waals surface area contributed by atoms with Crippen molar-refractivity contribution in [3.05, 3.63) is 88.7 Å². The standard InChI is InChI=1S/C24H20N2O4/c1-2-26(21-13-7-9-16-8-3-4-10-17(16)21)23(28)15-30-24(29)19-14-22(27)25-20-12-6-5-11-18(19)20/h3-14H,2,15H2,1H3,(H,25,27). The molecular formula is C24H20N2O4. The second-order valence-corrected chi connectivity index (χ2v) is 6.81. The van der Waals surface area contributed by atoms with Gasteiger partial charge in [0.05, 0.1) is 11.3 Å². The van der Waals surface area contributed by atoms with Crippen LogP contribution in [0.1, 0.15) is 17.3 Å². The highest BCUT2D eigenvalue weighted by Crippen LogP contribution is 2.27. The van der Waals surface area contributed by atoms with E-state index < -0.39 is 18.1 Å². The highest BCUT2D eigenvalue weighted by molar-refractivity contribution is 6.06. The second kappa shape index (κ2) is 8.21. The van der Waals surface area contributed by atoms with E-state index >= 15 is 0 Å². The van der Waals surface area contributed by atoms with Gasteiger partial charge in [0.25, 0.3) is 5.91 Å². The smallest absolute Gasteiger partial charge is 0.339 e. The van der Waals surface area contributed by atoms with E-state index in [9.17, 15) is 14.4 Å². The summed E-state index contributed by atoms with van der Waals surface area (Å²) < 4.78 is 5.29. The Kier molecular flexibility index (Phi) is 5.30. The molecule has 0 radical (unpaired) electrons. The van der Waals surface area contributed by atoms with Crippen LogP contribution < -0.4 is 10.5 Å². The molecule has 6 nitrogen and oxygen atoms in total. The number of para-hydroxylation sites is 1. The first-order chi connectivity index (χ1) is 14.6. The normalized spacial score (nSPS) is 10.8.